The van der Waals surface area contributed by atoms with Crippen molar-refractivity contribution in [3.63, 3.8) is 0 Å². The number of nitrogens with one attached hydrogen (secondary N) is 1. The fraction of sp³-hybridized carbons (Fsp3) is 0.500. The summed E-state index contributed by atoms with van der Waals surface area (Å²) in [6.45, 7) is 0.610. The van der Waals surface area contributed by atoms with Crippen molar-refractivity contribution >= 4 is 5.91 Å². The molecule has 0 aromatic heterocycles. The number of hydrogen-bond donors (Lipinski definition) is 2. The molecule has 6 heteroatoms. The second-order valence-electron chi connectivity index (χ2n) is 4.97. The fourth-order valence-electron chi connectivity index (χ4n) is 2.60. The molecule has 0 unspecified atom stereocenters. The number of fused-ring (bicyclic) bond motifs is 1. The highest BCUT2D eigenvalue weighted by molar-refractivity contribution is 5.94. The first-order valence-corrected chi connectivity index (χ1v) is 6.55. The zero-order valence-corrected chi connectivity index (χ0v) is 11.1. The van der Waals surface area contributed by atoms with E-state index in [2.05, 4.69) is 5.32 Å². The van der Waals surface area contributed by atoms with Crippen LogP contribution >= 0.6 is 0 Å². The number of ether oxygens (including phenoxy) is 3. The number of aliphatic hydroxyl groups is 1. The Kier molecular flexibility index (Phi) is 3.60. The molecule has 0 bridgehead atoms. The number of rotatable bonds is 3. The topological polar surface area (TPSA) is 77.0 Å². The molecule has 6 nitrogen and oxygen atoms in total. The van der Waals surface area contributed by atoms with Gasteiger partial charge in [-0.3, -0.25) is 4.79 Å². The molecule has 0 radical (unpaired) electrons. The van der Waals surface area contributed by atoms with Crippen LogP contribution in [0.2, 0.25) is 0 Å². The van der Waals surface area contributed by atoms with E-state index in [9.17, 15) is 9.90 Å². The molecule has 2 fully saturated rings. The van der Waals surface area contributed by atoms with Gasteiger partial charge >= 0.3 is 0 Å². The van der Waals surface area contributed by atoms with Crippen LogP contribution in [0, 0.1) is 0 Å². The highest BCUT2D eigenvalue weighted by atomic mass is 16.6. The van der Waals surface area contributed by atoms with Crippen molar-refractivity contribution < 1.29 is 24.1 Å². The molecule has 1 amide bonds. The van der Waals surface area contributed by atoms with E-state index in [1.807, 2.05) is 0 Å². The number of methoxy groups -OCH3 is 1. The van der Waals surface area contributed by atoms with Gasteiger partial charge in [0.2, 0.25) is 0 Å². The summed E-state index contributed by atoms with van der Waals surface area (Å²) in [5, 5.41) is 12.5. The number of carbonyl (C=O) groups is 1. The predicted octanol–water partition coefficient (Wildman–Crippen LogP) is -0.0479. The maximum Gasteiger partial charge on any atom is 0.251 e. The van der Waals surface area contributed by atoms with Crippen LogP contribution in [0.25, 0.3) is 0 Å². The van der Waals surface area contributed by atoms with E-state index < -0.39 is 6.10 Å². The standard InChI is InChI=1S/C14H17NO5/c1-18-9-4-2-8(3-5-9)14(17)15-10-6-19-13-11(16)7-20-12(10)13/h2-5,10-13,16H,6-7H2,1H3,(H,15,17)/t10-,11-,12-,13+/m1/s1. The van der Waals surface area contributed by atoms with Crippen LogP contribution in [-0.2, 0) is 9.47 Å². The summed E-state index contributed by atoms with van der Waals surface area (Å²) >= 11 is 0. The quantitative estimate of drug-likeness (QED) is 0.811. The average molecular weight is 279 g/mol. The maximum atomic E-state index is 12.1. The van der Waals surface area contributed by atoms with Gasteiger partial charge in [0.25, 0.3) is 5.91 Å². The molecular formula is C14H17NO5. The lowest BCUT2D eigenvalue weighted by molar-refractivity contribution is 0.0178. The Morgan fingerprint density at radius 2 is 1.95 bits per heavy atom. The molecule has 0 spiro atoms. The summed E-state index contributed by atoms with van der Waals surface area (Å²) < 4.78 is 16.0. The first-order chi connectivity index (χ1) is 9.69. The largest absolute Gasteiger partial charge is 0.497 e. The Labute approximate surface area is 116 Å². The Morgan fingerprint density at radius 3 is 2.65 bits per heavy atom. The zero-order valence-electron chi connectivity index (χ0n) is 11.1. The van der Waals surface area contributed by atoms with Gasteiger partial charge < -0.3 is 24.6 Å². The molecule has 4 atom stereocenters. The second-order valence-corrected chi connectivity index (χ2v) is 4.97. The van der Waals surface area contributed by atoms with E-state index >= 15 is 0 Å². The van der Waals surface area contributed by atoms with E-state index in [1.54, 1.807) is 31.4 Å². The van der Waals surface area contributed by atoms with Gasteiger partial charge in [-0.2, -0.15) is 0 Å². The van der Waals surface area contributed by atoms with Crippen molar-refractivity contribution in [3.05, 3.63) is 29.8 Å². The molecule has 0 saturated carbocycles. The third-order valence-corrected chi connectivity index (χ3v) is 3.70. The predicted molar refractivity (Wildman–Crippen MR) is 69.7 cm³/mol. The number of carbonyl (C=O) groups excluding carboxylic acids is 1. The lowest BCUT2D eigenvalue weighted by atomic mass is 10.1. The molecule has 20 heavy (non-hydrogen) atoms. The van der Waals surface area contributed by atoms with Crippen LogP contribution in [0.3, 0.4) is 0 Å². The van der Waals surface area contributed by atoms with E-state index in [1.165, 1.54) is 0 Å². The summed E-state index contributed by atoms with van der Waals surface area (Å²) in [7, 11) is 1.58. The Hall–Kier alpha value is -1.63. The zero-order chi connectivity index (χ0) is 14.1. The molecule has 2 heterocycles. The molecule has 2 aliphatic rings. The van der Waals surface area contributed by atoms with Crippen LogP contribution in [0.4, 0.5) is 0 Å². The van der Waals surface area contributed by atoms with Crippen molar-refractivity contribution in [2.75, 3.05) is 20.3 Å². The maximum absolute atomic E-state index is 12.1. The highest BCUT2D eigenvalue weighted by Crippen LogP contribution is 2.27. The minimum atomic E-state index is -0.608. The molecule has 3 rings (SSSR count). The van der Waals surface area contributed by atoms with Crippen LogP contribution in [0.1, 0.15) is 10.4 Å². The third kappa shape index (κ3) is 2.37. The van der Waals surface area contributed by atoms with Crippen molar-refractivity contribution in [1.82, 2.24) is 5.32 Å². The Balaban J connectivity index is 1.64. The number of amides is 1. The number of aliphatic hydroxyl groups excluding tert-OH is 1. The van der Waals surface area contributed by atoms with Gasteiger partial charge in [0.05, 0.1) is 26.4 Å². The minimum absolute atomic E-state index is 0.188. The highest BCUT2D eigenvalue weighted by Gasteiger charge is 2.47. The molecule has 1 aromatic rings. The monoisotopic (exact) mass is 279 g/mol. The molecule has 2 N–H and O–H groups in total. The van der Waals surface area contributed by atoms with Crippen LogP contribution in [0.5, 0.6) is 5.75 Å². The van der Waals surface area contributed by atoms with E-state index in [0.29, 0.717) is 17.9 Å². The first-order valence-electron chi connectivity index (χ1n) is 6.55. The summed E-state index contributed by atoms with van der Waals surface area (Å²) in [4.78, 5) is 12.1. The van der Waals surface area contributed by atoms with Gasteiger partial charge in [-0.1, -0.05) is 0 Å². The molecular weight excluding hydrogens is 262 g/mol. The molecule has 1 aromatic carbocycles. The van der Waals surface area contributed by atoms with E-state index in [0.717, 1.165) is 0 Å². The number of benzene rings is 1. The van der Waals surface area contributed by atoms with Crippen molar-refractivity contribution in [2.24, 2.45) is 0 Å². The van der Waals surface area contributed by atoms with Gasteiger partial charge in [0.15, 0.2) is 0 Å². The molecule has 108 valence electrons. The Bertz CT molecular complexity index is 489. The smallest absolute Gasteiger partial charge is 0.251 e. The van der Waals surface area contributed by atoms with Gasteiger partial charge in [0, 0.05) is 5.56 Å². The Morgan fingerprint density at radius 1 is 1.25 bits per heavy atom. The lowest BCUT2D eigenvalue weighted by Crippen LogP contribution is -2.44. The average Bonchev–Trinajstić information content (AvgIpc) is 3.03. The van der Waals surface area contributed by atoms with Crippen molar-refractivity contribution in [1.29, 1.82) is 0 Å². The fourth-order valence-corrected chi connectivity index (χ4v) is 2.60. The minimum Gasteiger partial charge on any atom is -0.497 e. The first kappa shape index (κ1) is 13.4. The van der Waals surface area contributed by atoms with Crippen molar-refractivity contribution in [3.8, 4) is 5.75 Å². The van der Waals surface area contributed by atoms with E-state index in [-0.39, 0.29) is 30.8 Å². The molecule has 2 aliphatic heterocycles. The number of hydrogen-bond acceptors (Lipinski definition) is 5. The lowest BCUT2D eigenvalue weighted by Gasteiger charge is -2.17. The van der Waals surface area contributed by atoms with Crippen LogP contribution in [-0.4, -0.2) is 55.7 Å². The van der Waals surface area contributed by atoms with Gasteiger partial charge in [-0.25, -0.2) is 0 Å². The molecule has 0 aliphatic carbocycles. The van der Waals surface area contributed by atoms with Crippen LogP contribution < -0.4 is 10.1 Å². The van der Waals surface area contributed by atoms with Crippen LogP contribution in [0.15, 0.2) is 24.3 Å². The third-order valence-electron chi connectivity index (χ3n) is 3.70. The van der Waals surface area contributed by atoms with Gasteiger partial charge in [-0.15, -0.1) is 0 Å². The summed E-state index contributed by atoms with van der Waals surface area (Å²) in [5.74, 6) is 0.514. The SMILES string of the molecule is COc1ccc(C(=O)N[C@@H]2CO[C@@H]3[C@@H]2OC[C@H]3O)cc1. The normalized spacial score (nSPS) is 31.9. The summed E-state index contributed by atoms with van der Waals surface area (Å²) in [6, 6.07) is 6.64. The van der Waals surface area contributed by atoms with Crippen molar-refractivity contribution in [2.45, 2.75) is 24.4 Å². The summed E-state index contributed by atoms with van der Waals surface area (Å²) in [5.41, 5.74) is 0.549. The second kappa shape index (κ2) is 5.40. The van der Waals surface area contributed by atoms with Gasteiger partial charge in [0.1, 0.15) is 24.1 Å². The molecule has 2 saturated heterocycles. The summed E-state index contributed by atoms with van der Waals surface area (Å²) in [6.07, 6.45) is -1.22. The van der Waals surface area contributed by atoms with Gasteiger partial charge in [-0.05, 0) is 24.3 Å². The van der Waals surface area contributed by atoms with E-state index in [4.69, 9.17) is 14.2 Å².